The summed E-state index contributed by atoms with van der Waals surface area (Å²) in [5.74, 6) is -1.08. The van der Waals surface area contributed by atoms with Crippen molar-refractivity contribution < 1.29 is 23.9 Å². The highest BCUT2D eigenvalue weighted by Gasteiger charge is 2.20. The van der Waals surface area contributed by atoms with Gasteiger partial charge in [0, 0.05) is 17.5 Å². The molecular formula is C20H25N3O5S. The van der Waals surface area contributed by atoms with Gasteiger partial charge in [-0.2, -0.15) is 0 Å². The summed E-state index contributed by atoms with van der Waals surface area (Å²) in [6.07, 6.45) is -1.69. The van der Waals surface area contributed by atoms with Gasteiger partial charge in [0.05, 0.1) is 12.1 Å². The second-order valence-corrected chi connectivity index (χ2v) is 8.06. The summed E-state index contributed by atoms with van der Waals surface area (Å²) >= 11 is 1.29. The van der Waals surface area contributed by atoms with Gasteiger partial charge in [-0.3, -0.25) is 14.9 Å². The molecular weight excluding hydrogens is 394 g/mol. The van der Waals surface area contributed by atoms with Gasteiger partial charge in [0.25, 0.3) is 5.91 Å². The topological polar surface area (TPSA) is 107 Å². The van der Waals surface area contributed by atoms with Gasteiger partial charge >= 0.3 is 12.1 Å². The van der Waals surface area contributed by atoms with E-state index in [1.165, 1.54) is 18.3 Å². The highest BCUT2D eigenvalue weighted by Crippen LogP contribution is 2.24. The molecule has 0 aliphatic carbocycles. The smallest absolute Gasteiger partial charge is 0.407 e. The maximum atomic E-state index is 12.2. The van der Waals surface area contributed by atoms with Crippen LogP contribution in [0, 0.1) is 0 Å². The van der Waals surface area contributed by atoms with E-state index in [0.717, 1.165) is 11.3 Å². The highest BCUT2D eigenvalue weighted by molar-refractivity contribution is 7.14. The number of nitrogens with one attached hydrogen (secondary N) is 2. The van der Waals surface area contributed by atoms with E-state index in [9.17, 15) is 14.4 Å². The normalized spacial score (nSPS) is 12.0. The van der Waals surface area contributed by atoms with Crippen molar-refractivity contribution in [3.05, 3.63) is 35.7 Å². The zero-order valence-corrected chi connectivity index (χ0v) is 17.7. The van der Waals surface area contributed by atoms with Gasteiger partial charge < -0.3 is 14.8 Å². The molecule has 2 rings (SSSR count). The summed E-state index contributed by atoms with van der Waals surface area (Å²) in [7, 11) is 0. The molecule has 1 atom stereocenters. The number of alkyl carbamates (subject to hydrolysis) is 1. The summed E-state index contributed by atoms with van der Waals surface area (Å²) in [5, 5.41) is 7.36. The molecule has 2 N–H and O–H groups in total. The lowest BCUT2D eigenvalue weighted by Crippen LogP contribution is -2.35. The largest absolute Gasteiger partial charge is 0.452 e. The molecule has 0 spiro atoms. The molecule has 0 fully saturated rings. The number of carbonyl (C=O) groups is 3. The predicted octanol–water partition coefficient (Wildman–Crippen LogP) is 3.60. The molecule has 1 aromatic carbocycles. The fraction of sp³-hybridized carbons (Fsp3) is 0.400. The lowest BCUT2D eigenvalue weighted by Gasteiger charge is -2.19. The number of benzene rings is 1. The third-order valence-electron chi connectivity index (χ3n) is 3.48. The van der Waals surface area contributed by atoms with Gasteiger partial charge in [0.1, 0.15) is 5.60 Å². The quantitative estimate of drug-likeness (QED) is 0.664. The monoisotopic (exact) mass is 419 g/mol. The number of hydrogen-bond acceptors (Lipinski definition) is 7. The number of rotatable bonds is 7. The first-order valence-corrected chi connectivity index (χ1v) is 10.00. The number of thiazole rings is 1. The van der Waals surface area contributed by atoms with Crippen molar-refractivity contribution >= 4 is 34.4 Å². The van der Waals surface area contributed by atoms with Crippen LogP contribution in [0.4, 0.5) is 9.93 Å². The van der Waals surface area contributed by atoms with Crippen LogP contribution in [0.1, 0.15) is 34.1 Å². The Hall–Kier alpha value is -2.94. The van der Waals surface area contributed by atoms with Crippen molar-refractivity contribution in [2.75, 3.05) is 11.9 Å². The minimum atomic E-state index is -0.992. The van der Waals surface area contributed by atoms with Crippen molar-refractivity contribution in [3.63, 3.8) is 0 Å². The Bertz CT molecular complexity index is 845. The van der Waals surface area contributed by atoms with Gasteiger partial charge in [-0.25, -0.2) is 9.78 Å². The summed E-state index contributed by atoms with van der Waals surface area (Å²) < 4.78 is 10.2. The molecule has 9 heteroatoms. The molecule has 29 heavy (non-hydrogen) atoms. The molecule has 2 aromatic rings. The number of ether oxygens (including phenoxy) is 2. The van der Waals surface area contributed by atoms with E-state index >= 15 is 0 Å². The van der Waals surface area contributed by atoms with Crippen molar-refractivity contribution in [2.45, 2.75) is 45.8 Å². The third kappa shape index (κ3) is 7.90. The number of anilines is 1. The molecule has 1 heterocycles. The number of nitrogens with zero attached hydrogens (tertiary/aromatic N) is 1. The number of esters is 1. The molecule has 8 nitrogen and oxygen atoms in total. The Labute approximate surface area is 173 Å². The molecule has 0 aliphatic rings. The van der Waals surface area contributed by atoms with Gasteiger partial charge in [-0.15, -0.1) is 11.3 Å². The molecule has 0 unspecified atom stereocenters. The van der Waals surface area contributed by atoms with Crippen LogP contribution in [0.25, 0.3) is 11.3 Å². The van der Waals surface area contributed by atoms with E-state index < -0.39 is 29.7 Å². The van der Waals surface area contributed by atoms with E-state index in [1.54, 1.807) is 20.8 Å². The average molecular weight is 420 g/mol. The third-order valence-corrected chi connectivity index (χ3v) is 4.24. The van der Waals surface area contributed by atoms with Gasteiger partial charge in [-0.1, -0.05) is 30.3 Å². The van der Waals surface area contributed by atoms with Crippen LogP contribution in [0.15, 0.2) is 35.7 Å². The average Bonchev–Trinajstić information content (AvgIpc) is 3.09. The van der Waals surface area contributed by atoms with Gasteiger partial charge in [0.15, 0.2) is 11.2 Å². The minimum absolute atomic E-state index is 0.0506. The summed E-state index contributed by atoms with van der Waals surface area (Å²) in [5.41, 5.74) is 1.08. The molecule has 0 radical (unpaired) electrons. The van der Waals surface area contributed by atoms with Crippen molar-refractivity contribution in [1.29, 1.82) is 0 Å². The fourth-order valence-corrected chi connectivity index (χ4v) is 2.89. The zero-order chi connectivity index (χ0) is 21.4. The Morgan fingerprint density at radius 2 is 1.86 bits per heavy atom. The van der Waals surface area contributed by atoms with Crippen molar-refractivity contribution in [1.82, 2.24) is 10.3 Å². The van der Waals surface area contributed by atoms with Crippen LogP contribution in [0.3, 0.4) is 0 Å². The Kier molecular flexibility index (Phi) is 7.72. The van der Waals surface area contributed by atoms with Crippen molar-refractivity contribution in [2.24, 2.45) is 0 Å². The Morgan fingerprint density at radius 3 is 2.52 bits per heavy atom. The Balaban J connectivity index is 1.75. The van der Waals surface area contributed by atoms with Crippen molar-refractivity contribution in [3.8, 4) is 11.3 Å². The molecule has 0 saturated heterocycles. The van der Waals surface area contributed by atoms with Crippen LogP contribution in [-0.4, -0.2) is 41.2 Å². The van der Waals surface area contributed by atoms with Gasteiger partial charge in [-0.05, 0) is 27.7 Å². The second-order valence-electron chi connectivity index (χ2n) is 7.20. The van der Waals surface area contributed by atoms with Gasteiger partial charge in [0.2, 0.25) is 0 Å². The minimum Gasteiger partial charge on any atom is -0.452 e. The second kappa shape index (κ2) is 10.0. The zero-order valence-electron chi connectivity index (χ0n) is 16.9. The lowest BCUT2D eigenvalue weighted by molar-refractivity contribution is -0.153. The van der Waals surface area contributed by atoms with E-state index in [1.807, 2.05) is 35.7 Å². The molecule has 0 saturated carbocycles. The van der Waals surface area contributed by atoms with Crippen LogP contribution in [-0.2, 0) is 19.1 Å². The standard InChI is InChI=1S/C20H25N3O5S/c1-13(27-16(24)10-11-21-19(26)28-20(2,3)4)17(25)23-18-22-15(12-29-18)14-8-6-5-7-9-14/h5-9,12-13H,10-11H2,1-4H3,(H,21,26)(H,22,23,25)/t13-/m1/s1. The Morgan fingerprint density at radius 1 is 1.17 bits per heavy atom. The molecule has 2 amide bonds. The number of carbonyl (C=O) groups excluding carboxylic acids is 3. The summed E-state index contributed by atoms with van der Waals surface area (Å²) in [4.78, 5) is 40.0. The first-order valence-electron chi connectivity index (χ1n) is 9.12. The molecule has 0 aliphatic heterocycles. The first kappa shape index (κ1) is 22.4. The predicted molar refractivity (Wildman–Crippen MR) is 111 cm³/mol. The summed E-state index contributed by atoms with van der Waals surface area (Å²) in [6.45, 7) is 6.75. The van der Waals surface area contributed by atoms with E-state index in [2.05, 4.69) is 15.6 Å². The number of aromatic nitrogens is 1. The van der Waals surface area contributed by atoms with E-state index in [-0.39, 0.29) is 13.0 Å². The van der Waals surface area contributed by atoms with Crippen LogP contribution < -0.4 is 10.6 Å². The number of hydrogen-bond donors (Lipinski definition) is 2. The molecule has 156 valence electrons. The SMILES string of the molecule is C[C@@H](OC(=O)CCNC(=O)OC(C)(C)C)C(=O)Nc1nc(-c2ccccc2)cs1. The van der Waals surface area contributed by atoms with Crippen LogP contribution >= 0.6 is 11.3 Å². The maximum Gasteiger partial charge on any atom is 0.407 e. The lowest BCUT2D eigenvalue weighted by atomic mass is 10.2. The summed E-state index contributed by atoms with van der Waals surface area (Å²) in [6, 6.07) is 9.59. The van der Waals surface area contributed by atoms with Crippen LogP contribution in [0.5, 0.6) is 0 Å². The molecule has 1 aromatic heterocycles. The molecule has 0 bridgehead atoms. The highest BCUT2D eigenvalue weighted by atomic mass is 32.1. The fourth-order valence-electron chi connectivity index (χ4n) is 2.17. The van der Waals surface area contributed by atoms with Crippen LogP contribution in [0.2, 0.25) is 0 Å². The first-order chi connectivity index (χ1) is 13.6. The van der Waals surface area contributed by atoms with E-state index in [0.29, 0.717) is 5.13 Å². The van der Waals surface area contributed by atoms with E-state index in [4.69, 9.17) is 9.47 Å². The number of amides is 2. The maximum absolute atomic E-state index is 12.2.